The van der Waals surface area contributed by atoms with E-state index in [0.29, 0.717) is 17.4 Å². The maximum absolute atomic E-state index is 13.7. The molecule has 1 saturated carbocycles. The Morgan fingerprint density at radius 3 is 2.61 bits per heavy atom. The lowest BCUT2D eigenvalue weighted by Gasteiger charge is -2.14. The highest BCUT2D eigenvalue weighted by molar-refractivity contribution is 7.91. The van der Waals surface area contributed by atoms with E-state index in [4.69, 9.17) is 5.26 Å². The Morgan fingerprint density at radius 1 is 1.31 bits per heavy atom. The molecule has 0 N–H and O–H groups in total. The fourth-order valence-electron chi connectivity index (χ4n) is 3.50. The predicted molar refractivity (Wildman–Crippen MR) is 117 cm³/mol. The number of sulfone groups is 1. The van der Waals surface area contributed by atoms with Gasteiger partial charge in [-0.1, -0.05) is 12.1 Å². The zero-order valence-electron chi connectivity index (χ0n) is 18.5. The third-order valence-electron chi connectivity index (χ3n) is 5.35. The number of oxime groups is 1. The first kappa shape index (κ1) is 24.9. The molecule has 0 aromatic carbocycles. The molecule has 3 aromatic heterocycles. The molecule has 0 unspecified atom stereocenters. The van der Waals surface area contributed by atoms with Gasteiger partial charge in [-0.05, 0) is 18.9 Å². The number of aromatic nitrogens is 4. The van der Waals surface area contributed by atoms with E-state index in [-0.39, 0.29) is 39.0 Å². The maximum atomic E-state index is 13.7. The van der Waals surface area contributed by atoms with Crippen LogP contribution in [0.15, 0.2) is 39.4 Å². The number of nitrogens with zero attached hydrogens (tertiary/aromatic N) is 7. The monoisotopic (exact) mass is 519 g/mol. The van der Waals surface area contributed by atoms with Crippen LogP contribution in [0.2, 0.25) is 0 Å². The molecule has 36 heavy (non-hydrogen) atoms. The molecule has 0 radical (unpaired) electrons. The van der Waals surface area contributed by atoms with Crippen molar-refractivity contribution in [1.29, 1.82) is 10.5 Å². The van der Waals surface area contributed by atoms with E-state index in [1.165, 1.54) is 6.92 Å². The van der Waals surface area contributed by atoms with E-state index < -0.39 is 40.0 Å². The Balaban J connectivity index is 1.92. The predicted octanol–water partition coefficient (Wildman–Crippen LogP) is 2.47. The van der Waals surface area contributed by atoms with Gasteiger partial charge in [0.1, 0.15) is 34.9 Å². The summed E-state index contributed by atoms with van der Waals surface area (Å²) in [7, 11) is -3.99. The van der Waals surface area contributed by atoms with Crippen LogP contribution in [0.1, 0.15) is 37.1 Å². The first-order valence-electron chi connectivity index (χ1n) is 10.4. The Morgan fingerprint density at radius 2 is 2.03 bits per heavy atom. The lowest BCUT2D eigenvalue weighted by Crippen LogP contribution is -2.31. The van der Waals surface area contributed by atoms with E-state index in [9.17, 15) is 31.6 Å². The summed E-state index contributed by atoms with van der Waals surface area (Å²) < 4.78 is 68.2. The molecule has 0 atom stereocenters. The van der Waals surface area contributed by atoms with Gasteiger partial charge in [-0.3, -0.25) is 14.0 Å². The minimum atomic E-state index is -4.80. The zero-order valence-corrected chi connectivity index (χ0v) is 19.3. The van der Waals surface area contributed by atoms with Gasteiger partial charge in [-0.25, -0.2) is 18.2 Å². The van der Waals surface area contributed by atoms with Gasteiger partial charge in [0.2, 0.25) is 6.61 Å². The standard InChI is InChI=1S/C21H16F3N7O4S/c1-2-36(33,34)16-7-12(14(9-26)29-35-6-5-25)10-27-19(16)15-11-30-18(28-15)8-17(21(22,23)24)31(20(30)32)13-3-4-13/h7-8,10-11,13H,2-4,6H2,1H3/b29-14+. The average molecular weight is 519 g/mol. The SMILES string of the molecule is CCS(=O)(=O)c1cc(/C(C#N)=N/OCC#N)cnc1-c1cn2c(=O)n(C3CC3)c(C(F)(F)F)cc2n1. The zero-order chi connectivity index (χ0) is 26.3. The van der Waals surface area contributed by atoms with E-state index in [1.807, 2.05) is 0 Å². The van der Waals surface area contributed by atoms with Gasteiger partial charge in [-0.15, -0.1) is 0 Å². The highest BCUT2D eigenvalue weighted by atomic mass is 32.2. The molecule has 0 bridgehead atoms. The van der Waals surface area contributed by atoms with Crippen LogP contribution >= 0.6 is 0 Å². The van der Waals surface area contributed by atoms with Crippen molar-refractivity contribution in [1.82, 2.24) is 18.9 Å². The molecule has 0 amide bonds. The van der Waals surface area contributed by atoms with Gasteiger partial charge in [0.15, 0.2) is 15.5 Å². The quantitative estimate of drug-likeness (QED) is 0.262. The van der Waals surface area contributed by atoms with Crippen LogP contribution in [-0.2, 0) is 20.9 Å². The third kappa shape index (κ3) is 4.52. The van der Waals surface area contributed by atoms with Crippen LogP contribution in [0.3, 0.4) is 0 Å². The number of nitriles is 2. The highest BCUT2D eigenvalue weighted by Crippen LogP contribution is 2.39. The maximum Gasteiger partial charge on any atom is 0.431 e. The van der Waals surface area contributed by atoms with E-state index >= 15 is 0 Å². The highest BCUT2D eigenvalue weighted by Gasteiger charge is 2.40. The number of alkyl halides is 3. The number of imidazole rings is 1. The molecular formula is C21H16F3N7O4S. The summed E-state index contributed by atoms with van der Waals surface area (Å²) in [6, 6.07) is 4.64. The molecule has 11 nitrogen and oxygen atoms in total. The lowest BCUT2D eigenvalue weighted by atomic mass is 10.1. The Hall–Kier alpha value is -4.24. The Bertz CT molecular complexity index is 1640. The number of halogens is 3. The summed E-state index contributed by atoms with van der Waals surface area (Å²) in [5.74, 6) is -0.366. The van der Waals surface area contributed by atoms with Crippen LogP contribution in [0.4, 0.5) is 13.2 Å². The fourth-order valence-corrected chi connectivity index (χ4v) is 4.57. The van der Waals surface area contributed by atoms with Crippen LogP contribution in [0.25, 0.3) is 17.0 Å². The van der Waals surface area contributed by atoms with Crippen LogP contribution in [0, 0.1) is 22.7 Å². The van der Waals surface area contributed by atoms with Crippen LogP contribution < -0.4 is 5.69 Å². The van der Waals surface area contributed by atoms with Crippen molar-refractivity contribution in [2.75, 3.05) is 12.4 Å². The first-order chi connectivity index (χ1) is 17.0. The van der Waals surface area contributed by atoms with Crippen LogP contribution in [0.5, 0.6) is 0 Å². The number of hydrogen-bond acceptors (Lipinski definition) is 9. The minimum Gasteiger partial charge on any atom is -0.379 e. The summed E-state index contributed by atoms with van der Waals surface area (Å²) >= 11 is 0. The molecule has 186 valence electrons. The fraction of sp³-hybridized carbons (Fsp3) is 0.333. The summed E-state index contributed by atoms with van der Waals surface area (Å²) in [5.41, 5.74) is -3.18. The van der Waals surface area contributed by atoms with Crippen LogP contribution in [-0.4, -0.2) is 45.4 Å². The summed E-state index contributed by atoms with van der Waals surface area (Å²) in [6.45, 7) is 0.922. The Labute approximate surface area is 201 Å². The van der Waals surface area contributed by atoms with Gasteiger partial charge in [0, 0.05) is 30.1 Å². The van der Waals surface area contributed by atoms with Crippen molar-refractivity contribution in [3.8, 4) is 23.5 Å². The normalized spacial score (nSPS) is 14.4. The van der Waals surface area contributed by atoms with Crippen molar-refractivity contribution in [3.05, 3.63) is 46.3 Å². The number of rotatable bonds is 7. The lowest BCUT2D eigenvalue weighted by molar-refractivity contribution is -0.144. The molecule has 3 heterocycles. The summed E-state index contributed by atoms with van der Waals surface area (Å²) in [5, 5.41) is 21.4. The molecular weight excluding hydrogens is 503 g/mol. The van der Waals surface area contributed by atoms with Crippen molar-refractivity contribution in [3.63, 3.8) is 0 Å². The number of fused-ring (bicyclic) bond motifs is 1. The topological polar surface area (TPSA) is 156 Å². The number of pyridine rings is 1. The second-order valence-corrected chi connectivity index (χ2v) is 9.97. The molecule has 4 rings (SSSR count). The van der Waals surface area contributed by atoms with Gasteiger partial charge in [-0.2, -0.15) is 23.7 Å². The van der Waals surface area contributed by atoms with Gasteiger partial charge < -0.3 is 4.84 Å². The first-order valence-corrected chi connectivity index (χ1v) is 12.1. The molecule has 1 fully saturated rings. The van der Waals surface area contributed by atoms with Crippen molar-refractivity contribution >= 4 is 21.2 Å². The smallest absolute Gasteiger partial charge is 0.379 e. The molecule has 0 aliphatic heterocycles. The molecule has 0 spiro atoms. The van der Waals surface area contributed by atoms with E-state index in [2.05, 4.69) is 20.0 Å². The summed E-state index contributed by atoms with van der Waals surface area (Å²) in [4.78, 5) is 25.4. The van der Waals surface area contributed by atoms with Crippen molar-refractivity contribution in [2.45, 2.75) is 36.9 Å². The Kier molecular flexibility index (Phi) is 6.28. The van der Waals surface area contributed by atoms with E-state index in [1.54, 1.807) is 12.1 Å². The van der Waals surface area contributed by atoms with E-state index in [0.717, 1.165) is 28.9 Å². The molecule has 1 aliphatic carbocycles. The summed E-state index contributed by atoms with van der Waals surface area (Å²) in [6.07, 6.45) is -1.71. The molecule has 0 saturated heterocycles. The largest absolute Gasteiger partial charge is 0.431 e. The molecule has 3 aromatic rings. The molecule has 15 heteroatoms. The van der Waals surface area contributed by atoms with Crippen molar-refractivity contribution < 1.29 is 26.4 Å². The number of hydrogen-bond donors (Lipinski definition) is 0. The van der Waals surface area contributed by atoms with Gasteiger partial charge in [0.25, 0.3) is 0 Å². The second kappa shape index (κ2) is 9.09. The second-order valence-electron chi connectivity index (χ2n) is 7.72. The van der Waals surface area contributed by atoms with Gasteiger partial charge in [0.05, 0.1) is 10.6 Å². The van der Waals surface area contributed by atoms with Gasteiger partial charge >= 0.3 is 11.9 Å². The minimum absolute atomic E-state index is 0.0366. The third-order valence-corrected chi connectivity index (χ3v) is 7.09. The molecule has 1 aliphatic rings. The van der Waals surface area contributed by atoms with Crippen molar-refractivity contribution in [2.24, 2.45) is 5.16 Å². The average Bonchev–Trinajstić information content (AvgIpc) is 3.58.